The molecule has 0 bridgehead atoms. The van der Waals surface area contributed by atoms with Gasteiger partial charge in [-0.15, -0.1) is 0 Å². The summed E-state index contributed by atoms with van der Waals surface area (Å²) in [5, 5.41) is 3.42. The van der Waals surface area contributed by atoms with Crippen LogP contribution in [0.1, 0.15) is 17.5 Å². The second kappa shape index (κ2) is 7.59. The summed E-state index contributed by atoms with van der Waals surface area (Å²) in [6, 6.07) is 18.6. The van der Waals surface area contributed by atoms with Gasteiger partial charge in [0.15, 0.2) is 0 Å². The van der Waals surface area contributed by atoms with Crippen LogP contribution in [0.25, 0.3) is 0 Å². The molecular weight excluding hydrogens is 234 g/mol. The molecule has 0 spiro atoms. The van der Waals surface area contributed by atoms with Crippen molar-refractivity contribution in [1.82, 2.24) is 5.32 Å². The van der Waals surface area contributed by atoms with E-state index in [2.05, 4.69) is 48.6 Å². The lowest BCUT2D eigenvalue weighted by atomic mass is 10.2. The summed E-state index contributed by atoms with van der Waals surface area (Å²) in [7, 11) is 0. The molecule has 0 heterocycles. The first-order chi connectivity index (χ1) is 9.34. The van der Waals surface area contributed by atoms with Crippen LogP contribution in [0.3, 0.4) is 0 Å². The third-order valence-corrected chi connectivity index (χ3v) is 2.93. The van der Waals surface area contributed by atoms with Crippen molar-refractivity contribution in [3.8, 4) is 5.75 Å². The zero-order valence-electron chi connectivity index (χ0n) is 11.4. The number of nitrogens with one attached hydrogen (secondary N) is 1. The van der Waals surface area contributed by atoms with Crippen LogP contribution in [0.5, 0.6) is 5.75 Å². The Labute approximate surface area is 115 Å². The van der Waals surface area contributed by atoms with Crippen LogP contribution in [-0.4, -0.2) is 13.2 Å². The fourth-order valence-corrected chi connectivity index (χ4v) is 1.92. The average Bonchev–Trinajstić information content (AvgIpc) is 2.44. The maximum Gasteiger partial charge on any atom is 0.119 e. The number of benzene rings is 2. The molecule has 1 N–H and O–H groups in total. The molecule has 0 unspecified atom stereocenters. The molecule has 0 amide bonds. The maximum atomic E-state index is 5.70. The predicted octanol–water partition coefficient (Wildman–Crippen LogP) is 3.55. The van der Waals surface area contributed by atoms with Gasteiger partial charge in [0.1, 0.15) is 5.75 Å². The van der Waals surface area contributed by atoms with Crippen LogP contribution in [0.4, 0.5) is 0 Å². The molecule has 0 aliphatic rings. The first-order valence-electron chi connectivity index (χ1n) is 6.79. The zero-order chi connectivity index (χ0) is 13.3. The Hall–Kier alpha value is -1.80. The monoisotopic (exact) mass is 255 g/mol. The summed E-state index contributed by atoms with van der Waals surface area (Å²) in [5.74, 6) is 0.961. The van der Waals surface area contributed by atoms with E-state index in [-0.39, 0.29) is 0 Å². The fourth-order valence-electron chi connectivity index (χ4n) is 1.92. The van der Waals surface area contributed by atoms with Gasteiger partial charge in [-0.3, -0.25) is 0 Å². The number of rotatable bonds is 7. The van der Waals surface area contributed by atoms with Crippen LogP contribution in [0, 0.1) is 6.92 Å². The third kappa shape index (κ3) is 5.14. The van der Waals surface area contributed by atoms with E-state index in [1.165, 1.54) is 11.1 Å². The van der Waals surface area contributed by atoms with E-state index >= 15 is 0 Å². The lowest BCUT2D eigenvalue weighted by molar-refractivity contribution is 0.308. The Morgan fingerprint density at radius 2 is 1.84 bits per heavy atom. The van der Waals surface area contributed by atoms with Gasteiger partial charge in [-0.1, -0.05) is 42.5 Å². The lowest BCUT2D eigenvalue weighted by Gasteiger charge is -2.08. The summed E-state index contributed by atoms with van der Waals surface area (Å²) in [6.07, 6.45) is 1.01. The van der Waals surface area contributed by atoms with Crippen molar-refractivity contribution in [1.29, 1.82) is 0 Å². The highest BCUT2D eigenvalue weighted by atomic mass is 16.5. The second-order valence-corrected chi connectivity index (χ2v) is 4.68. The largest absolute Gasteiger partial charge is 0.494 e. The quantitative estimate of drug-likeness (QED) is 0.764. The molecular formula is C17H21NO. The molecule has 2 aromatic rings. The van der Waals surface area contributed by atoms with Crippen LogP contribution >= 0.6 is 0 Å². The second-order valence-electron chi connectivity index (χ2n) is 4.68. The molecule has 0 aromatic heterocycles. The van der Waals surface area contributed by atoms with Crippen LogP contribution < -0.4 is 10.1 Å². The van der Waals surface area contributed by atoms with Gasteiger partial charge in [0, 0.05) is 6.54 Å². The Bertz CT molecular complexity index is 482. The molecule has 19 heavy (non-hydrogen) atoms. The van der Waals surface area contributed by atoms with Gasteiger partial charge in [0.2, 0.25) is 0 Å². The molecule has 0 aliphatic carbocycles. The summed E-state index contributed by atoms with van der Waals surface area (Å²) in [6.45, 7) is 4.73. The molecule has 0 fully saturated rings. The standard InChI is InChI=1S/C17H21NO/c1-15-7-5-10-17(13-15)19-12-6-11-18-14-16-8-3-2-4-9-16/h2-5,7-10,13,18H,6,11-12,14H2,1H3. The Morgan fingerprint density at radius 1 is 1.00 bits per heavy atom. The minimum absolute atomic E-state index is 0.755. The van der Waals surface area contributed by atoms with Crippen molar-refractivity contribution in [3.05, 3.63) is 65.7 Å². The minimum Gasteiger partial charge on any atom is -0.494 e. The number of ether oxygens (including phenoxy) is 1. The van der Waals surface area contributed by atoms with E-state index in [0.29, 0.717) is 0 Å². The lowest BCUT2D eigenvalue weighted by Crippen LogP contribution is -2.16. The molecule has 2 heteroatoms. The van der Waals surface area contributed by atoms with Crippen LogP contribution in [0.15, 0.2) is 54.6 Å². The number of hydrogen-bond donors (Lipinski definition) is 1. The molecule has 100 valence electrons. The van der Waals surface area contributed by atoms with E-state index in [0.717, 1.165) is 31.9 Å². The Kier molecular flexibility index (Phi) is 5.45. The predicted molar refractivity (Wildman–Crippen MR) is 79.4 cm³/mol. The van der Waals surface area contributed by atoms with Crippen LogP contribution in [0.2, 0.25) is 0 Å². The number of hydrogen-bond acceptors (Lipinski definition) is 2. The normalized spacial score (nSPS) is 10.4. The summed E-state index contributed by atoms with van der Waals surface area (Å²) < 4.78 is 5.70. The molecule has 2 rings (SSSR count). The van der Waals surface area contributed by atoms with Crippen molar-refractivity contribution in [2.24, 2.45) is 0 Å². The van der Waals surface area contributed by atoms with Crippen molar-refractivity contribution < 1.29 is 4.74 Å². The molecule has 2 nitrogen and oxygen atoms in total. The summed E-state index contributed by atoms with van der Waals surface area (Å²) in [5.41, 5.74) is 2.56. The Morgan fingerprint density at radius 3 is 2.63 bits per heavy atom. The molecule has 0 saturated heterocycles. The van der Waals surface area contributed by atoms with Crippen molar-refractivity contribution in [3.63, 3.8) is 0 Å². The van der Waals surface area contributed by atoms with Gasteiger partial charge >= 0.3 is 0 Å². The molecule has 2 aromatic carbocycles. The topological polar surface area (TPSA) is 21.3 Å². The first-order valence-corrected chi connectivity index (χ1v) is 6.79. The molecule has 0 saturated carbocycles. The van der Waals surface area contributed by atoms with Crippen molar-refractivity contribution in [2.75, 3.05) is 13.2 Å². The average molecular weight is 255 g/mol. The minimum atomic E-state index is 0.755. The zero-order valence-corrected chi connectivity index (χ0v) is 11.4. The van der Waals surface area contributed by atoms with E-state index in [1.807, 2.05) is 18.2 Å². The van der Waals surface area contributed by atoms with Gasteiger partial charge in [0.25, 0.3) is 0 Å². The third-order valence-electron chi connectivity index (χ3n) is 2.93. The Balaban J connectivity index is 1.58. The van der Waals surface area contributed by atoms with Crippen molar-refractivity contribution in [2.45, 2.75) is 19.9 Å². The van der Waals surface area contributed by atoms with Gasteiger partial charge in [-0.05, 0) is 43.1 Å². The van der Waals surface area contributed by atoms with E-state index in [9.17, 15) is 0 Å². The van der Waals surface area contributed by atoms with E-state index < -0.39 is 0 Å². The van der Waals surface area contributed by atoms with Gasteiger partial charge in [0.05, 0.1) is 6.61 Å². The number of aryl methyl sites for hydroxylation is 1. The highest BCUT2D eigenvalue weighted by Gasteiger charge is 1.94. The summed E-state index contributed by atoms with van der Waals surface area (Å²) in [4.78, 5) is 0. The van der Waals surface area contributed by atoms with Gasteiger partial charge < -0.3 is 10.1 Å². The van der Waals surface area contributed by atoms with E-state index in [1.54, 1.807) is 0 Å². The smallest absolute Gasteiger partial charge is 0.119 e. The highest BCUT2D eigenvalue weighted by Crippen LogP contribution is 2.12. The van der Waals surface area contributed by atoms with Crippen LogP contribution in [-0.2, 0) is 6.54 Å². The molecule has 0 aliphatic heterocycles. The summed E-state index contributed by atoms with van der Waals surface area (Å²) >= 11 is 0. The SMILES string of the molecule is Cc1cccc(OCCCNCc2ccccc2)c1. The van der Waals surface area contributed by atoms with Crippen molar-refractivity contribution >= 4 is 0 Å². The highest BCUT2D eigenvalue weighted by molar-refractivity contribution is 5.27. The molecule has 0 atom stereocenters. The fraction of sp³-hybridized carbons (Fsp3) is 0.294. The maximum absolute atomic E-state index is 5.70. The first kappa shape index (κ1) is 13.6. The molecule has 0 radical (unpaired) electrons. The van der Waals surface area contributed by atoms with Gasteiger partial charge in [-0.2, -0.15) is 0 Å². The van der Waals surface area contributed by atoms with E-state index in [4.69, 9.17) is 4.74 Å². The van der Waals surface area contributed by atoms with Gasteiger partial charge in [-0.25, -0.2) is 0 Å².